The van der Waals surface area contributed by atoms with Gasteiger partial charge in [0.25, 0.3) is 0 Å². The summed E-state index contributed by atoms with van der Waals surface area (Å²) >= 11 is 1.50. The Bertz CT molecular complexity index is 1500. The van der Waals surface area contributed by atoms with Gasteiger partial charge >= 0.3 is 6.09 Å². The van der Waals surface area contributed by atoms with Crippen molar-refractivity contribution in [1.82, 2.24) is 15.5 Å². The lowest BCUT2D eigenvalue weighted by atomic mass is 10.1. The second kappa shape index (κ2) is 12.7. The molecular formula is C29H32FN5O4S. The maximum Gasteiger partial charge on any atom is 0.407 e. The third-order valence-corrected chi connectivity index (χ3v) is 6.61. The first-order valence-corrected chi connectivity index (χ1v) is 13.8. The van der Waals surface area contributed by atoms with E-state index in [0.717, 1.165) is 28.5 Å². The number of ether oxygens (including phenoxy) is 2. The molecule has 0 radical (unpaired) electrons. The fraction of sp³-hybridized carbons (Fsp3) is 0.310. The minimum atomic E-state index is -0.531. The van der Waals surface area contributed by atoms with Crippen LogP contribution >= 0.6 is 11.3 Å². The van der Waals surface area contributed by atoms with Gasteiger partial charge in [-0.2, -0.15) is 0 Å². The van der Waals surface area contributed by atoms with Gasteiger partial charge in [-0.1, -0.05) is 18.2 Å². The Morgan fingerprint density at radius 3 is 2.62 bits per heavy atom. The zero-order valence-corrected chi connectivity index (χ0v) is 23.4. The number of benzene rings is 2. The number of amides is 2. The Morgan fingerprint density at radius 1 is 1.07 bits per heavy atom. The quantitative estimate of drug-likeness (QED) is 0.192. The number of nitrogens with one attached hydrogen (secondary N) is 2. The largest absolute Gasteiger partial charge is 0.493 e. The number of carbonyl (C=O) groups is 2. The average Bonchev–Trinajstić information content (AvgIpc) is 3.37. The summed E-state index contributed by atoms with van der Waals surface area (Å²) in [6.45, 7) is 6.42. The van der Waals surface area contributed by atoms with Crippen molar-refractivity contribution in [1.29, 1.82) is 0 Å². The average molecular weight is 566 g/mol. The van der Waals surface area contributed by atoms with Gasteiger partial charge in [0, 0.05) is 17.5 Å². The summed E-state index contributed by atoms with van der Waals surface area (Å²) < 4.78 is 26.9. The molecule has 0 aliphatic carbocycles. The Kier molecular flexibility index (Phi) is 9.15. The van der Waals surface area contributed by atoms with Crippen LogP contribution in [0.2, 0.25) is 0 Å². The van der Waals surface area contributed by atoms with E-state index in [0.29, 0.717) is 36.0 Å². The summed E-state index contributed by atoms with van der Waals surface area (Å²) in [5, 5.41) is 17.3. The maximum atomic E-state index is 14.7. The summed E-state index contributed by atoms with van der Waals surface area (Å²) in [5.41, 5.74) is 6.85. The second-order valence-corrected chi connectivity index (χ2v) is 11.0. The molecule has 0 spiro atoms. The van der Waals surface area contributed by atoms with Crippen LogP contribution in [0.3, 0.4) is 0 Å². The van der Waals surface area contributed by atoms with E-state index in [1.807, 2.05) is 56.5 Å². The first-order chi connectivity index (χ1) is 19.1. The zero-order valence-electron chi connectivity index (χ0n) is 22.6. The lowest BCUT2D eigenvalue weighted by molar-refractivity contribution is -0.117. The molecule has 9 nitrogen and oxygen atoms in total. The van der Waals surface area contributed by atoms with E-state index in [9.17, 15) is 14.0 Å². The molecule has 0 saturated carbocycles. The number of nitrogens with zero attached hydrogens (tertiary/aromatic N) is 2. The van der Waals surface area contributed by atoms with E-state index in [2.05, 4.69) is 20.8 Å². The number of rotatable bonds is 11. The van der Waals surface area contributed by atoms with Crippen molar-refractivity contribution in [2.24, 2.45) is 5.73 Å². The van der Waals surface area contributed by atoms with Crippen LogP contribution in [0.4, 0.5) is 20.7 Å². The number of carbonyl (C=O) groups excluding carboxylic acids is 2. The number of nitrogens with two attached hydrogens (primary N) is 1. The van der Waals surface area contributed by atoms with E-state index in [-0.39, 0.29) is 12.1 Å². The van der Waals surface area contributed by atoms with Crippen LogP contribution in [0, 0.1) is 5.82 Å². The third-order valence-electron chi connectivity index (χ3n) is 5.69. The van der Waals surface area contributed by atoms with Gasteiger partial charge in [0.05, 0.1) is 23.4 Å². The molecule has 2 amide bonds. The van der Waals surface area contributed by atoms with Crippen LogP contribution in [0.15, 0.2) is 53.9 Å². The number of fused-ring (bicyclic) bond motifs is 1. The fourth-order valence-electron chi connectivity index (χ4n) is 3.95. The monoisotopic (exact) mass is 565 g/mol. The number of halogens is 1. The number of hydrogen-bond acceptors (Lipinski definition) is 8. The van der Waals surface area contributed by atoms with E-state index in [1.54, 1.807) is 12.1 Å². The van der Waals surface area contributed by atoms with Gasteiger partial charge in [-0.05, 0) is 74.9 Å². The van der Waals surface area contributed by atoms with Gasteiger partial charge in [-0.25, -0.2) is 9.18 Å². The molecule has 2 aromatic heterocycles. The normalized spacial score (nSPS) is 11.3. The molecule has 0 bridgehead atoms. The molecule has 0 saturated heterocycles. The highest BCUT2D eigenvalue weighted by molar-refractivity contribution is 7.17. The number of anilines is 2. The van der Waals surface area contributed by atoms with Gasteiger partial charge in [0.2, 0.25) is 5.91 Å². The van der Waals surface area contributed by atoms with Crippen molar-refractivity contribution in [3.8, 4) is 17.0 Å². The molecule has 4 aromatic rings. The number of primary amides is 1. The van der Waals surface area contributed by atoms with Crippen LogP contribution in [0.5, 0.6) is 5.75 Å². The Balaban J connectivity index is 1.43. The van der Waals surface area contributed by atoms with E-state index in [1.165, 1.54) is 17.4 Å². The second-order valence-electron chi connectivity index (χ2n) is 10.1. The Labute approximate surface area is 235 Å². The summed E-state index contributed by atoms with van der Waals surface area (Å²) in [6.07, 6.45) is 0.997. The molecule has 4 rings (SSSR count). The van der Waals surface area contributed by atoms with Crippen LogP contribution in [0.1, 0.15) is 39.2 Å². The van der Waals surface area contributed by atoms with Crippen molar-refractivity contribution in [3.05, 3.63) is 65.3 Å². The molecular weight excluding hydrogens is 533 g/mol. The number of hydrogen-bond donors (Lipinski definition) is 3. The minimum Gasteiger partial charge on any atom is -0.493 e. The highest BCUT2D eigenvalue weighted by atomic mass is 32.1. The molecule has 0 aliphatic heterocycles. The van der Waals surface area contributed by atoms with Crippen LogP contribution < -0.4 is 21.1 Å². The van der Waals surface area contributed by atoms with Crippen molar-refractivity contribution in [2.75, 3.05) is 18.5 Å². The molecule has 210 valence electrons. The standard InChI is InChI=1S/C29H32FN5O4S/c1-29(2,3)39-28(37)32-13-6-7-14-38-23-9-5-4-8-19(23)25-26-20(12-15-40-26)27(35-34-25)33-22-11-10-18(16-21(22)30)17-24(31)36/h4-5,8-12,15-16H,6-7,13-14,17H2,1-3H3,(H2,31,36)(H,32,37)(H,33,35). The van der Waals surface area contributed by atoms with Crippen LogP contribution in [0.25, 0.3) is 21.3 Å². The summed E-state index contributed by atoms with van der Waals surface area (Å²) in [7, 11) is 0. The van der Waals surface area contributed by atoms with Crippen LogP contribution in [-0.2, 0) is 16.0 Å². The molecule has 0 fully saturated rings. The maximum absolute atomic E-state index is 14.7. The predicted octanol–water partition coefficient (Wildman–Crippen LogP) is 5.95. The topological polar surface area (TPSA) is 128 Å². The fourth-order valence-corrected chi connectivity index (χ4v) is 4.84. The Morgan fingerprint density at radius 2 is 1.88 bits per heavy atom. The molecule has 40 heavy (non-hydrogen) atoms. The van der Waals surface area contributed by atoms with Crippen molar-refractivity contribution in [3.63, 3.8) is 0 Å². The van der Waals surface area contributed by atoms with E-state index < -0.39 is 23.4 Å². The first kappa shape index (κ1) is 28.8. The lowest BCUT2D eigenvalue weighted by Crippen LogP contribution is -2.33. The van der Waals surface area contributed by atoms with Gasteiger partial charge in [-0.15, -0.1) is 21.5 Å². The molecule has 0 unspecified atom stereocenters. The highest BCUT2D eigenvalue weighted by Gasteiger charge is 2.18. The van der Waals surface area contributed by atoms with E-state index in [4.69, 9.17) is 15.2 Å². The van der Waals surface area contributed by atoms with Crippen molar-refractivity contribution in [2.45, 2.75) is 45.6 Å². The van der Waals surface area contributed by atoms with Gasteiger partial charge < -0.3 is 25.8 Å². The third kappa shape index (κ3) is 7.66. The summed E-state index contributed by atoms with van der Waals surface area (Å²) in [4.78, 5) is 22.9. The molecule has 0 atom stereocenters. The number of unbranched alkanes of at least 4 members (excludes halogenated alkanes) is 1. The van der Waals surface area contributed by atoms with Gasteiger partial charge in [0.15, 0.2) is 5.82 Å². The number of aromatic nitrogens is 2. The summed E-state index contributed by atoms with van der Waals surface area (Å²) in [5.74, 6) is 0.0369. The zero-order chi connectivity index (χ0) is 28.7. The molecule has 4 N–H and O–H groups in total. The summed E-state index contributed by atoms with van der Waals surface area (Å²) in [6, 6.07) is 14.0. The first-order valence-electron chi connectivity index (χ1n) is 12.9. The lowest BCUT2D eigenvalue weighted by Gasteiger charge is -2.19. The molecule has 11 heteroatoms. The predicted molar refractivity (Wildman–Crippen MR) is 154 cm³/mol. The van der Waals surface area contributed by atoms with Gasteiger partial charge in [-0.3, -0.25) is 4.79 Å². The number of alkyl carbamates (subject to hydrolysis) is 1. The van der Waals surface area contributed by atoms with Crippen molar-refractivity contribution >= 4 is 44.9 Å². The van der Waals surface area contributed by atoms with Crippen LogP contribution in [-0.4, -0.2) is 41.0 Å². The molecule has 0 aliphatic rings. The highest BCUT2D eigenvalue weighted by Crippen LogP contribution is 2.38. The van der Waals surface area contributed by atoms with Crippen molar-refractivity contribution < 1.29 is 23.5 Å². The molecule has 2 aromatic carbocycles. The smallest absolute Gasteiger partial charge is 0.407 e. The minimum absolute atomic E-state index is 0.0368. The van der Waals surface area contributed by atoms with Gasteiger partial charge in [0.1, 0.15) is 22.9 Å². The number of thiophene rings is 1. The Hall–Kier alpha value is -4.25. The van der Waals surface area contributed by atoms with E-state index >= 15 is 0 Å². The SMILES string of the molecule is CC(C)(C)OC(=O)NCCCCOc1ccccc1-c1nnc(Nc2ccc(CC(N)=O)cc2F)c2ccsc12. The number of para-hydroxylation sites is 1. The molecule has 2 heterocycles.